The van der Waals surface area contributed by atoms with Crippen molar-refractivity contribution in [1.82, 2.24) is 9.27 Å². The first kappa shape index (κ1) is 14.1. The van der Waals surface area contributed by atoms with Gasteiger partial charge in [-0.1, -0.05) is 6.42 Å². The molecule has 0 radical (unpaired) electrons. The van der Waals surface area contributed by atoms with Crippen molar-refractivity contribution in [3.05, 3.63) is 5.56 Å². The minimum Gasteiger partial charge on any atom is -0.382 e. The van der Waals surface area contributed by atoms with Crippen molar-refractivity contribution < 1.29 is 4.79 Å². The number of nitrogen functional groups attached to an aromatic ring is 1. The minimum absolute atomic E-state index is 0.214. The average Bonchev–Trinajstić information content (AvgIpc) is 2.78. The topological polar surface area (TPSA) is 97.3 Å². The molecule has 6 nitrogen and oxygen atoms in total. The van der Waals surface area contributed by atoms with Crippen molar-refractivity contribution in [2.75, 3.05) is 30.7 Å². The molecule has 0 spiro atoms. The van der Waals surface area contributed by atoms with Crippen molar-refractivity contribution in [1.29, 1.82) is 0 Å². The van der Waals surface area contributed by atoms with Crippen LogP contribution < -0.4 is 16.8 Å². The minimum atomic E-state index is -0.528. The van der Waals surface area contributed by atoms with Gasteiger partial charge in [0.25, 0.3) is 5.91 Å². The van der Waals surface area contributed by atoms with E-state index in [1.807, 2.05) is 0 Å². The van der Waals surface area contributed by atoms with Gasteiger partial charge >= 0.3 is 0 Å². The van der Waals surface area contributed by atoms with E-state index in [0.717, 1.165) is 19.6 Å². The number of carbonyl (C=O) groups is 1. The normalized spacial score (nSPS) is 18.2. The van der Waals surface area contributed by atoms with Crippen LogP contribution in [0.3, 0.4) is 0 Å². The lowest BCUT2D eigenvalue weighted by molar-refractivity contribution is 0.100. The number of primary amides is 1. The van der Waals surface area contributed by atoms with Gasteiger partial charge in [-0.05, 0) is 44.4 Å². The average molecular weight is 283 g/mol. The zero-order chi connectivity index (χ0) is 13.8. The molecule has 2 rings (SSSR count). The first-order valence-corrected chi connectivity index (χ1v) is 7.39. The molecule has 1 aliphatic heterocycles. The molecule has 1 aromatic rings. The lowest BCUT2D eigenvalue weighted by atomic mass is 10.1. The molecule has 19 heavy (non-hydrogen) atoms. The maximum Gasteiger partial charge on any atom is 0.255 e. The number of rotatable bonds is 5. The maximum absolute atomic E-state index is 11.3. The molecule has 1 aromatic heterocycles. The predicted molar refractivity (Wildman–Crippen MR) is 78.4 cm³/mol. The van der Waals surface area contributed by atoms with Crippen molar-refractivity contribution in [2.24, 2.45) is 5.73 Å². The van der Waals surface area contributed by atoms with E-state index in [1.54, 1.807) is 0 Å². The third-order valence-electron chi connectivity index (χ3n) is 3.54. The predicted octanol–water partition coefficient (Wildman–Crippen LogP) is 1.11. The van der Waals surface area contributed by atoms with E-state index in [9.17, 15) is 4.79 Å². The highest BCUT2D eigenvalue weighted by molar-refractivity contribution is 7.11. The fourth-order valence-corrected chi connectivity index (χ4v) is 3.12. The van der Waals surface area contributed by atoms with Crippen LogP contribution >= 0.6 is 11.5 Å². The van der Waals surface area contributed by atoms with E-state index < -0.39 is 5.91 Å². The van der Waals surface area contributed by atoms with Gasteiger partial charge in [0.2, 0.25) is 0 Å². The summed E-state index contributed by atoms with van der Waals surface area (Å²) in [5.41, 5.74) is 11.3. The SMILES string of the molecule is CC(CNc1snc(N)c1C(N)=O)N1CCCCC1. The Morgan fingerprint density at radius 2 is 2.16 bits per heavy atom. The number of amides is 1. The van der Waals surface area contributed by atoms with Gasteiger partial charge in [0.1, 0.15) is 10.6 Å². The molecule has 106 valence electrons. The number of hydrogen-bond donors (Lipinski definition) is 3. The van der Waals surface area contributed by atoms with E-state index in [2.05, 4.69) is 21.5 Å². The van der Waals surface area contributed by atoms with Crippen LogP contribution in [0, 0.1) is 0 Å². The Kier molecular flexibility index (Phi) is 4.60. The van der Waals surface area contributed by atoms with E-state index in [4.69, 9.17) is 11.5 Å². The van der Waals surface area contributed by atoms with Crippen LogP contribution in [0.1, 0.15) is 36.5 Å². The standard InChI is InChI=1S/C12H21N5OS/c1-8(17-5-3-2-4-6-17)7-15-12-9(11(14)18)10(13)16-19-12/h8,15H,2-7H2,1H3,(H2,13,16)(H2,14,18). The van der Waals surface area contributed by atoms with Crippen molar-refractivity contribution in [2.45, 2.75) is 32.2 Å². The fourth-order valence-electron chi connectivity index (χ4n) is 2.39. The lowest BCUT2D eigenvalue weighted by Gasteiger charge is -2.32. The summed E-state index contributed by atoms with van der Waals surface area (Å²) >= 11 is 1.19. The molecule has 1 aliphatic rings. The summed E-state index contributed by atoms with van der Waals surface area (Å²) < 4.78 is 3.97. The van der Waals surface area contributed by atoms with E-state index >= 15 is 0 Å². The highest BCUT2D eigenvalue weighted by Gasteiger charge is 2.19. The Morgan fingerprint density at radius 3 is 2.79 bits per heavy atom. The second kappa shape index (κ2) is 6.21. The molecule has 0 aliphatic carbocycles. The number of nitrogens with two attached hydrogens (primary N) is 2. The number of nitrogens with zero attached hydrogens (tertiary/aromatic N) is 2. The van der Waals surface area contributed by atoms with Gasteiger partial charge in [-0.2, -0.15) is 4.37 Å². The van der Waals surface area contributed by atoms with Crippen LogP contribution in [-0.2, 0) is 0 Å². The first-order valence-electron chi connectivity index (χ1n) is 6.62. The molecule has 0 bridgehead atoms. The number of aromatic nitrogens is 1. The first-order chi connectivity index (χ1) is 9.09. The third kappa shape index (κ3) is 3.36. The Morgan fingerprint density at radius 1 is 1.47 bits per heavy atom. The molecule has 5 N–H and O–H groups in total. The van der Waals surface area contributed by atoms with Gasteiger partial charge < -0.3 is 16.8 Å². The second-order valence-electron chi connectivity index (χ2n) is 4.96. The molecule has 7 heteroatoms. The van der Waals surface area contributed by atoms with Gasteiger partial charge in [-0.15, -0.1) is 0 Å². The van der Waals surface area contributed by atoms with Crippen LogP contribution in [0.2, 0.25) is 0 Å². The van der Waals surface area contributed by atoms with E-state index in [-0.39, 0.29) is 5.82 Å². The van der Waals surface area contributed by atoms with Crippen LogP contribution in [0.25, 0.3) is 0 Å². The van der Waals surface area contributed by atoms with Gasteiger partial charge in [-0.25, -0.2) is 0 Å². The van der Waals surface area contributed by atoms with Gasteiger partial charge in [-0.3, -0.25) is 9.69 Å². The highest BCUT2D eigenvalue weighted by atomic mass is 32.1. The number of anilines is 2. The molecule has 0 aromatic carbocycles. The van der Waals surface area contributed by atoms with E-state index in [0.29, 0.717) is 16.6 Å². The fraction of sp³-hybridized carbons (Fsp3) is 0.667. The monoisotopic (exact) mass is 283 g/mol. The Bertz CT molecular complexity index is 441. The lowest BCUT2D eigenvalue weighted by Crippen LogP contribution is -2.41. The second-order valence-corrected chi connectivity index (χ2v) is 5.74. The van der Waals surface area contributed by atoms with Crippen molar-refractivity contribution >= 4 is 28.3 Å². The summed E-state index contributed by atoms with van der Waals surface area (Å²) in [4.78, 5) is 13.8. The quantitative estimate of drug-likeness (QED) is 0.752. The Labute approximate surface area is 117 Å². The highest BCUT2D eigenvalue weighted by Crippen LogP contribution is 2.26. The molecule has 1 amide bonds. The number of carbonyl (C=O) groups excluding carboxylic acids is 1. The Hall–Kier alpha value is -1.34. The largest absolute Gasteiger partial charge is 0.382 e. The molecule has 1 fully saturated rings. The summed E-state index contributed by atoms with van der Waals surface area (Å²) in [5, 5.41) is 3.92. The van der Waals surface area contributed by atoms with Crippen LogP contribution in [-0.4, -0.2) is 40.9 Å². The van der Waals surface area contributed by atoms with Crippen LogP contribution in [0.15, 0.2) is 0 Å². The zero-order valence-corrected chi connectivity index (χ0v) is 12.0. The zero-order valence-electron chi connectivity index (χ0n) is 11.2. The molecule has 1 unspecified atom stereocenters. The molecule has 1 atom stereocenters. The molecular weight excluding hydrogens is 262 g/mol. The number of likely N-dealkylation sites (tertiary alicyclic amines) is 1. The number of piperidine rings is 1. The van der Waals surface area contributed by atoms with Gasteiger partial charge in [0.15, 0.2) is 5.82 Å². The summed E-state index contributed by atoms with van der Waals surface area (Å²) in [6, 6.07) is 0.421. The summed E-state index contributed by atoms with van der Waals surface area (Å²) in [6.45, 7) is 5.25. The maximum atomic E-state index is 11.3. The molecule has 1 saturated heterocycles. The van der Waals surface area contributed by atoms with Crippen LogP contribution in [0.4, 0.5) is 10.8 Å². The van der Waals surface area contributed by atoms with Crippen molar-refractivity contribution in [3.8, 4) is 0 Å². The summed E-state index contributed by atoms with van der Waals surface area (Å²) in [7, 11) is 0. The summed E-state index contributed by atoms with van der Waals surface area (Å²) in [6.07, 6.45) is 3.86. The number of nitrogens with one attached hydrogen (secondary N) is 1. The Balaban J connectivity index is 1.93. The van der Waals surface area contributed by atoms with Crippen molar-refractivity contribution in [3.63, 3.8) is 0 Å². The van der Waals surface area contributed by atoms with Gasteiger partial charge in [0, 0.05) is 12.6 Å². The molecular formula is C12H21N5OS. The molecule has 2 heterocycles. The number of hydrogen-bond acceptors (Lipinski definition) is 6. The summed E-state index contributed by atoms with van der Waals surface area (Å²) in [5.74, 6) is -0.315. The molecule has 0 saturated carbocycles. The smallest absolute Gasteiger partial charge is 0.255 e. The van der Waals surface area contributed by atoms with E-state index in [1.165, 1.54) is 30.8 Å². The van der Waals surface area contributed by atoms with Crippen LogP contribution in [0.5, 0.6) is 0 Å². The third-order valence-corrected chi connectivity index (χ3v) is 4.36. The van der Waals surface area contributed by atoms with Gasteiger partial charge in [0.05, 0.1) is 0 Å².